The van der Waals surface area contributed by atoms with Gasteiger partial charge in [-0.05, 0) is 45.6 Å². The molecule has 2 aliphatic carbocycles. The minimum absolute atomic E-state index is 0.837. The quantitative estimate of drug-likeness (QED) is 0.824. The van der Waals surface area contributed by atoms with E-state index in [2.05, 4.69) is 27.2 Å². The maximum Gasteiger partial charge on any atom is 0.132 e. The predicted octanol–water partition coefficient (Wildman–Crippen LogP) is 2.25. The molecule has 3 rings (SSSR count). The molecule has 0 saturated heterocycles. The second-order valence-electron chi connectivity index (χ2n) is 5.85. The van der Waals surface area contributed by atoms with Crippen molar-refractivity contribution in [1.29, 1.82) is 0 Å². The van der Waals surface area contributed by atoms with Crippen LogP contribution in [0.2, 0.25) is 0 Å². The number of likely N-dealkylation sites (N-methyl/N-ethyl adjacent to an activating group) is 1. The van der Waals surface area contributed by atoms with Crippen molar-refractivity contribution in [3.05, 3.63) is 17.6 Å². The minimum Gasteiger partial charge on any atom is -0.368 e. The zero-order valence-electron chi connectivity index (χ0n) is 11.9. The molecule has 1 aromatic heterocycles. The fourth-order valence-electron chi connectivity index (χ4n) is 2.90. The van der Waals surface area contributed by atoms with Gasteiger partial charge in [-0.25, -0.2) is 9.97 Å². The zero-order chi connectivity index (χ0) is 13.1. The fraction of sp³-hybridized carbons (Fsp3) is 0.733. The number of aromatic nitrogens is 2. The SMILES string of the molecule is CN(CCNc1ncnc2c1CCCCC2)C1CC1. The van der Waals surface area contributed by atoms with Crippen LogP contribution in [0.1, 0.15) is 43.4 Å². The van der Waals surface area contributed by atoms with Crippen LogP contribution in [0.4, 0.5) is 5.82 Å². The van der Waals surface area contributed by atoms with Gasteiger partial charge in [-0.1, -0.05) is 6.42 Å². The third-order valence-corrected chi connectivity index (χ3v) is 4.30. The van der Waals surface area contributed by atoms with Crippen LogP contribution < -0.4 is 5.32 Å². The Morgan fingerprint density at radius 3 is 2.89 bits per heavy atom. The zero-order valence-corrected chi connectivity index (χ0v) is 11.9. The van der Waals surface area contributed by atoms with E-state index < -0.39 is 0 Å². The van der Waals surface area contributed by atoms with E-state index in [1.54, 1.807) is 6.33 Å². The first-order valence-corrected chi connectivity index (χ1v) is 7.61. The van der Waals surface area contributed by atoms with Gasteiger partial charge >= 0.3 is 0 Å². The van der Waals surface area contributed by atoms with E-state index in [1.165, 1.54) is 43.4 Å². The fourth-order valence-corrected chi connectivity index (χ4v) is 2.90. The summed E-state index contributed by atoms with van der Waals surface area (Å²) in [7, 11) is 2.22. The van der Waals surface area contributed by atoms with Crippen molar-refractivity contribution >= 4 is 5.82 Å². The van der Waals surface area contributed by atoms with Gasteiger partial charge in [0.1, 0.15) is 12.1 Å². The highest BCUT2D eigenvalue weighted by atomic mass is 15.2. The molecular formula is C15H24N4. The van der Waals surface area contributed by atoms with Crippen LogP contribution in [0.3, 0.4) is 0 Å². The van der Waals surface area contributed by atoms with Crippen LogP contribution in [-0.2, 0) is 12.8 Å². The van der Waals surface area contributed by atoms with E-state index in [9.17, 15) is 0 Å². The Morgan fingerprint density at radius 1 is 1.21 bits per heavy atom. The maximum absolute atomic E-state index is 4.46. The Labute approximate surface area is 115 Å². The van der Waals surface area contributed by atoms with Gasteiger partial charge in [0.25, 0.3) is 0 Å². The average Bonchev–Trinajstić information content (AvgIpc) is 3.25. The molecule has 1 fully saturated rings. The highest BCUT2D eigenvalue weighted by Crippen LogP contribution is 2.25. The van der Waals surface area contributed by atoms with Crippen LogP contribution in [0.5, 0.6) is 0 Å². The monoisotopic (exact) mass is 260 g/mol. The van der Waals surface area contributed by atoms with Gasteiger partial charge in [-0.3, -0.25) is 0 Å². The third kappa shape index (κ3) is 3.24. The lowest BCUT2D eigenvalue weighted by Crippen LogP contribution is -2.27. The van der Waals surface area contributed by atoms with Crippen molar-refractivity contribution in [3.8, 4) is 0 Å². The van der Waals surface area contributed by atoms with E-state index in [4.69, 9.17) is 0 Å². The molecule has 0 spiro atoms. The van der Waals surface area contributed by atoms with Crippen molar-refractivity contribution in [2.24, 2.45) is 0 Å². The summed E-state index contributed by atoms with van der Waals surface area (Å²) >= 11 is 0. The van der Waals surface area contributed by atoms with Crippen molar-refractivity contribution in [1.82, 2.24) is 14.9 Å². The summed E-state index contributed by atoms with van der Waals surface area (Å²) in [6.45, 7) is 2.08. The number of nitrogens with zero attached hydrogens (tertiary/aromatic N) is 3. The van der Waals surface area contributed by atoms with E-state index in [1.807, 2.05) is 0 Å². The predicted molar refractivity (Wildman–Crippen MR) is 77.4 cm³/mol. The second kappa shape index (κ2) is 5.87. The molecule has 1 heterocycles. The van der Waals surface area contributed by atoms with E-state index in [0.29, 0.717) is 0 Å². The Morgan fingerprint density at radius 2 is 2.05 bits per heavy atom. The standard InChI is InChI=1S/C15H24N4/c1-19(12-7-8-12)10-9-16-15-13-5-3-2-4-6-14(13)17-11-18-15/h11-12H,2-10H2,1H3,(H,16,17,18). The number of hydrogen-bond donors (Lipinski definition) is 1. The Kier molecular flexibility index (Phi) is 3.97. The number of fused-ring (bicyclic) bond motifs is 1. The molecule has 104 valence electrons. The second-order valence-corrected chi connectivity index (χ2v) is 5.85. The lowest BCUT2D eigenvalue weighted by Gasteiger charge is -2.17. The summed E-state index contributed by atoms with van der Waals surface area (Å²) in [5.41, 5.74) is 2.64. The summed E-state index contributed by atoms with van der Waals surface area (Å²) < 4.78 is 0. The van der Waals surface area contributed by atoms with Crippen LogP contribution in [0.15, 0.2) is 6.33 Å². The first-order valence-electron chi connectivity index (χ1n) is 7.61. The molecule has 0 unspecified atom stereocenters. The molecule has 19 heavy (non-hydrogen) atoms. The largest absolute Gasteiger partial charge is 0.368 e. The Balaban J connectivity index is 1.60. The molecule has 0 aromatic carbocycles. The topological polar surface area (TPSA) is 41.0 Å². The summed E-state index contributed by atoms with van der Waals surface area (Å²) in [6.07, 6.45) is 10.6. The molecule has 0 amide bonds. The van der Waals surface area contributed by atoms with Gasteiger partial charge in [0.05, 0.1) is 0 Å². The molecule has 2 aliphatic rings. The highest BCUT2D eigenvalue weighted by Gasteiger charge is 2.25. The normalized spacial score (nSPS) is 19.1. The number of anilines is 1. The Bertz CT molecular complexity index is 428. The van der Waals surface area contributed by atoms with Gasteiger partial charge in [0.15, 0.2) is 0 Å². The molecule has 4 heteroatoms. The summed E-state index contributed by atoms with van der Waals surface area (Å²) in [4.78, 5) is 11.4. The van der Waals surface area contributed by atoms with Gasteiger partial charge < -0.3 is 10.2 Å². The lowest BCUT2D eigenvalue weighted by atomic mass is 10.1. The van der Waals surface area contributed by atoms with Gasteiger partial charge in [0, 0.05) is 30.4 Å². The van der Waals surface area contributed by atoms with Crippen molar-refractivity contribution < 1.29 is 0 Å². The number of hydrogen-bond acceptors (Lipinski definition) is 4. The lowest BCUT2D eigenvalue weighted by molar-refractivity contribution is 0.337. The molecule has 0 bridgehead atoms. The summed E-state index contributed by atoms with van der Waals surface area (Å²) in [5, 5.41) is 3.52. The molecule has 1 saturated carbocycles. The maximum atomic E-state index is 4.46. The van der Waals surface area contributed by atoms with E-state index in [0.717, 1.165) is 37.8 Å². The molecular weight excluding hydrogens is 236 g/mol. The van der Waals surface area contributed by atoms with Gasteiger partial charge in [0.2, 0.25) is 0 Å². The van der Waals surface area contributed by atoms with Crippen LogP contribution >= 0.6 is 0 Å². The van der Waals surface area contributed by atoms with Crippen molar-refractivity contribution in [2.45, 2.75) is 51.0 Å². The Hall–Kier alpha value is -1.16. The van der Waals surface area contributed by atoms with Crippen molar-refractivity contribution in [2.75, 3.05) is 25.5 Å². The number of nitrogens with one attached hydrogen (secondary N) is 1. The molecule has 1 aromatic rings. The summed E-state index contributed by atoms with van der Waals surface area (Å²) in [6, 6.07) is 0.837. The highest BCUT2D eigenvalue weighted by molar-refractivity contribution is 5.46. The third-order valence-electron chi connectivity index (χ3n) is 4.30. The number of rotatable bonds is 5. The van der Waals surface area contributed by atoms with Crippen molar-refractivity contribution in [3.63, 3.8) is 0 Å². The van der Waals surface area contributed by atoms with Crippen LogP contribution in [0, 0.1) is 0 Å². The molecule has 0 atom stereocenters. The molecule has 0 aliphatic heterocycles. The van der Waals surface area contributed by atoms with Crippen LogP contribution in [0.25, 0.3) is 0 Å². The van der Waals surface area contributed by atoms with E-state index >= 15 is 0 Å². The first kappa shape index (κ1) is 12.9. The molecule has 1 N–H and O–H groups in total. The van der Waals surface area contributed by atoms with E-state index in [-0.39, 0.29) is 0 Å². The summed E-state index contributed by atoms with van der Waals surface area (Å²) in [5.74, 6) is 1.08. The van der Waals surface area contributed by atoms with Gasteiger partial charge in [-0.15, -0.1) is 0 Å². The van der Waals surface area contributed by atoms with Crippen LogP contribution in [-0.4, -0.2) is 41.0 Å². The molecule has 0 radical (unpaired) electrons. The smallest absolute Gasteiger partial charge is 0.132 e. The number of aryl methyl sites for hydroxylation is 1. The first-order chi connectivity index (χ1) is 9.34. The average molecular weight is 260 g/mol. The van der Waals surface area contributed by atoms with Gasteiger partial charge in [-0.2, -0.15) is 0 Å². The minimum atomic E-state index is 0.837. The molecule has 4 nitrogen and oxygen atoms in total.